The van der Waals surface area contributed by atoms with Crippen LogP contribution in [0.25, 0.3) is 0 Å². The molecule has 0 bridgehead atoms. The lowest BCUT2D eigenvalue weighted by Crippen LogP contribution is -2.04. The molecule has 0 amide bonds. The summed E-state index contributed by atoms with van der Waals surface area (Å²) in [4.78, 5) is 12.3. The molecule has 2 heterocycles. The summed E-state index contributed by atoms with van der Waals surface area (Å²) < 4.78 is 5.47. The van der Waals surface area contributed by atoms with E-state index in [4.69, 9.17) is 4.74 Å². The summed E-state index contributed by atoms with van der Waals surface area (Å²) >= 11 is 0. The maximum atomic E-state index is 5.47. The van der Waals surface area contributed by atoms with Crippen LogP contribution < -0.4 is 10.1 Å². The normalized spacial score (nSPS) is 10.2. The van der Waals surface area contributed by atoms with Gasteiger partial charge in [-0.15, -0.1) is 0 Å². The smallest absolute Gasteiger partial charge is 0.218 e. The van der Waals surface area contributed by atoms with E-state index in [2.05, 4.69) is 27.2 Å². The molecule has 0 unspecified atom stereocenters. The maximum Gasteiger partial charge on any atom is 0.218 e. The minimum absolute atomic E-state index is 0.603. The fourth-order valence-electron chi connectivity index (χ4n) is 1.61. The van der Waals surface area contributed by atoms with Crippen molar-refractivity contribution < 1.29 is 4.74 Å². The molecule has 19 heavy (non-hydrogen) atoms. The first-order valence-electron chi connectivity index (χ1n) is 6.38. The highest BCUT2D eigenvalue weighted by atomic mass is 16.5. The number of pyridine rings is 1. The summed E-state index contributed by atoms with van der Waals surface area (Å²) in [6, 6.07) is 3.81. The maximum absolute atomic E-state index is 5.47. The van der Waals surface area contributed by atoms with Crippen LogP contribution in [0.4, 0.5) is 5.82 Å². The Bertz CT molecular complexity index is 530. The molecule has 0 aliphatic rings. The highest BCUT2D eigenvalue weighted by molar-refractivity contribution is 5.38. The number of hydrogen-bond donors (Lipinski definition) is 1. The molecule has 1 N–H and O–H groups in total. The Morgan fingerprint density at radius 2 is 2.21 bits per heavy atom. The molecule has 0 spiro atoms. The van der Waals surface area contributed by atoms with Crippen LogP contribution in [0, 0.1) is 6.92 Å². The number of aryl methyl sites for hydroxylation is 1. The first-order valence-corrected chi connectivity index (χ1v) is 6.38. The highest BCUT2D eigenvalue weighted by Gasteiger charge is 2.01. The van der Waals surface area contributed by atoms with Crippen LogP contribution in [0.2, 0.25) is 0 Å². The molecule has 0 aromatic carbocycles. The molecule has 100 valence electrons. The Morgan fingerprint density at radius 3 is 3.00 bits per heavy atom. The molecule has 0 saturated heterocycles. The number of nitrogens with one attached hydrogen (secondary N) is 1. The van der Waals surface area contributed by atoms with Crippen molar-refractivity contribution >= 4 is 5.82 Å². The van der Waals surface area contributed by atoms with Crippen LogP contribution in [-0.2, 0) is 6.54 Å². The van der Waals surface area contributed by atoms with Crippen molar-refractivity contribution in [2.45, 2.75) is 26.8 Å². The monoisotopic (exact) mass is 258 g/mol. The minimum atomic E-state index is 0.603. The average Bonchev–Trinajstić information content (AvgIpc) is 2.45. The van der Waals surface area contributed by atoms with Crippen LogP contribution in [0.3, 0.4) is 0 Å². The predicted molar refractivity (Wildman–Crippen MR) is 74.1 cm³/mol. The van der Waals surface area contributed by atoms with Gasteiger partial charge in [0.05, 0.1) is 6.61 Å². The molecule has 5 nitrogen and oxygen atoms in total. The van der Waals surface area contributed by atoms with Gasteiger partial charge in [0, 0.05) is 25.0 Å². The zero-order valence-corrected chi connectivity index (χ0v) is 11.3. The second-order valence-electron chi connectivity index (χ2n) is 4.25. The second-order valence-corrected chi connectivity index (χ2v) is 4.25. The quantitative estimate of drug-likeness (QED) is 0.863. The van der Waals surface area contributed by atoms with Crippen molar-refractivity contribution in [2.75, 3.05) is 11.9 Å². The van der Waals surface area contributed by atoms with E-state index >= 15 is 0 Å². The van der Waals surface area contributed by atoms with Crippen LogP contribution in [-0.4, -0.2) is 21.6 Å². The van der Waals surface area contributed by atoms with Gasteiger partial charge < -0.3 is 10.1 Å². The molecule has 0 radical (unpaired) electrons. The molecule has 0 fully saturated rings. The van der Waals surface area contributed by atoms with Crippen molar-refractivity contribution in [3.8, 4) is 5.88 Å². The van der Waals surface area contributed by atoms with Gasteiger partial charge in [-0.25, -0.2) is 9.97 Å². The van der Waals surface area contributed by atoms with E-state index in [9.17, 15) is 0 Å². The summed E-state index contributed by atoms with van der Waals surface area (Å²) in [7, 11) is 0. The summed E-state index contributed by atoms with van der Waals surface area (Å²) in [6.07, 6.45) is 6.11. The summed E-state index contributed by atoms with van der Waals surface area (Å²) in [5, 5.41) is 3.26. The van der Waals surface area contributed by atoms with Gasteiger partial charge in [-0.2, -0.15) is 0 Å². The molecular weight excluding hydrogens is 240 g/mol. The zero-order chi connectivity index (χ0) is 13.5. The third-order valence-electron chi connectivity index (χ3n) is 2.69. The third-order valence-corrected chi connectivity index (χ3v) is 2.69. The van der Waals surface area contributed by atoms with Crippen molar-refractivity contribution in [3.05, 3.63) is 42.0 Å². The number of rotatable bonds is 6. The molecular formula is C14H18N4O. The number of anilines is 1. The van der Waals surface area contributed by atoms with Crippen LogP contribution >= 0.6 is 0 Å². The Kier molecular flexibility index (Phi) is 4.66. The van der Waals surface area contributed by atoms with E-state index in [1.54, 1.807) is 6.20 Å². The highest BCUT2D eigenvalue weighted by Crippen LogP contribution is 2.13. The Morgan fingerprint density at radius 1 is 1.32 bits per heavy atom. The van der Waals surface area contributed by atoms with Gasteiger partial charge in [0.2, 0.25) is 5.88 Å². The van der Waals surface area contributed by atoms with E-state index in [0.717, 1.165) is 17.8 Å². The van der Waals surface area contributed by atoms with Gasteiger partial charge in [-0.05, 0) is 30.5 Å². The molecule has 5 heteroatoms. The van der Waals surface area contributed by atoms with E-state index < -0.39 is 0 Å². The number of hydrogen-bond acceptors (Lipinski definition) is 5. The second kappa shape index (κ2) is 6.68. The molecule has 0 saturated carbocycles. The minimum Gasteiger partial charge on any atom is -0.478 e. The topological polar surface area (TPSA) is 59.9 Å². The fourth-order valence-corrected chi connectivity index (χ4v) is 1.61. The van der Waals surface area contributed by atoms with Crippen molar-refractivity contribution in [3.63, 3.8) is 0 Å². The molecule has 0 aliphatic heterocycles. The van der Waals surface area contributed by atoms with Crippen LogP contribution in [0.5, 0.6) is 5.88 Å². The SMILES string of the molecule is CCCOc1cc(NCc2ccncc2C)ncn1. The lowest BCUT2D eigenvalue weighted by atomic mass is 10.1. The van der Waals surface area contributed by atoms with Crippen LogP contribution in [0.15, 0.2) is 30.9 Å². The molecule has 0 atom stereocenters. The van der Waals surface area contributed by atoms with Gasteiger partial charge in [0.1, 0.15) is 12.1 Å². The van der Waals surface area contributed by atoms with Gasteiger partial charge in [0.25, 0.3) is 0 Å². The fraction of sp³-hybridized carbons (Fsp3) is 0.357. The van der Waals surface area contributed by atoms with E-state index in [-0.39, 0.29) is 0 Å². The standard InChI is InChI=1S/C14H18N4O/c1-3-6-19-14-7-13(17-10-18-14)16-9-12-4-5-15-8-11(12)2/h4-5,7-8,10H,3,6,9H2,1-2H3,(H,16,17,18). The summed E-state index contributed by atoms with van der Waals surface area (Å²) in [5.74, 6) is 1.36. The van der Waals surface area contributed by atoms with Crippen molar-refractivity contribution in [1.82, 2.24) is 15.0 Å². The first-order chi connectivity index (χ1) is 9.29. The van der Waals surface area contributed by atoms with Gasteiger partial charge in [-0.1, -0.05) is 6.92 Å². The van der Waals surface area contributed by atoms with Crippen molar-refractivity contribution in [1.29, 1.82) is 0 Å². The Labute approximate surface area is 113 Å². The lowest BCUT2D eigenvalue weighted by molar-refractivity contribution is 0.305. The summed E-state index contributed by atoms with van der Waals surface area (Å²) in [6.45, 7) is 5.48. The lowest BCUT2D eigenvalue weighted by Gasteiger charge is -2.09. The zero-order valence-electron chi connectivity index (χ0n) is 11.3. The third kappa shape index (κ3) is 3.91. The van der Waals surface area contributed by atoms with Gasteiger partial charge >= 0.3 is 0 Å². The molecule has 2 aromatic heterocycles. The number of aromatic nitrogens is 3. The number of nitrogens with zero attached hydrogens (tertiary/aromatic N) is 3. The van der Waals surface area contributed by atoms with Gasteiger partial charge in [0.15, 0.2) is 0 Å². The molecule has 2 aromatic rings. The molecule has 0 aliphatic carbocycles. The average molecular weight is 258 g/mol. The van der Waals surface area contributed by atoms with E-state index in [0.29, 0.717) is 19.0 Å². The predicted octanol–water partition coefficient (Wildman–Crippen LogP) is 2.58. The van der Waals surface area contributed by atoms with Gasteiger partial charge in [-0.3, -0.25) is 4.98 Å². The van der Waals surface area contributed by atoms with E-state index in [1.165, 1.54) is 11.9 Å². The Balaban J connectivity index is 1.98. The largest absolute Gasteiger partial charge is 0.478 e. The van der Waals surface area contributed by atoms with Crippen LogP contribution in [0.1, 0.15) is 24.5 Å². The van der Waals surface area contributed by atoms with Crippen molar-refractivity contribution in [2.24, 2.45) is 0 Å². The number of ether oxygens (including phenoxy) is 1. The first kappa shape index (κ1) is 13.3. The Hall–Kier alpha value is -2.17. The summed E-state index contributed by atoms with van der Waals surface area (Å²) in [5.41, 5.74) is 2.36. The molecule has 2 rings (SSSR count). The van der Waals surface area contributed by atoms with E-state index in [1.807, 2.05) is 25.3 Å².